The summed E-state index contributed by atoms with van der Waals surface area (Å²) in [5, 5.41) is 0. The molecule has 278 valence electrons. The van der Waals surface area contributed by atoms with E-state index < -0.39 is 52.8 Å². The molecule has 0 amide bonds. The zero-order valence-corrected chi connectivity index (χ0v) is 28.9. The lowest BCUT2D eigenvalue weighted by Crippen LogP contribution is -2.14. The van der Waals surface area contributed by atoms with E-state index in [0.717, 1.165) is 44.6 Å². The Labute approximate surface area is 300 Å². The Hall–Kier alpha value is -5.59. The standard InChI is InChI=1S/C39H41F3O10/c1-4-33(43)49-23-11-7-5-9-21-47-29-17-13-27(14-18-29)38(45)51-32-25-31(40)36(35(42)34(32)41)52-39(46)28-15-19-30(20-16-28)48-22-10-6-8-12-24-50-37(44)26(2)3/h4,13-20,25H,1-2,5-12,21-24H2,3H3. The Morgan fingerprint density at radius 1 is 0.635 bits per heavy atom. The predicted octanol–water partition coefficient (Wildman–Crippen LogP) is 8.27. The first-order valence-corrected chi connectivity index (χ1v) is 16.7. The van der Waals surface area contributed by atoms with Crippen molar-refractivity contribution in [3.05, 3.63) is 108 Å². The van der Waals surface area contributed by atoms with E-state index in [2.05, 4.69) is 13.2 Å². The van der Waals surface area contributed by atoms with E-state index in [1.54, 1.807) is 6.92 Å². The van der Waals surface area contributed by atoms with Gasteiger partial charge in [0.15, 0.2) is 11.6 Å². The second-order valence-corrected chi connectivity index (χ2v) is 11.5. The number of carbonyl (C=O) groups is 4. The monoisotopic (exact) mass is 726 g/mol. The van der Waals surface area contributed by atoms with Gasteiger partial charge in [-0.1, -0.05) is 13.2 Å². The van der Waals surface area contributed by atoms with Crippen molar-refractivity contribution < 1.29 is 60.8 Å². The van der Waals surface area contributed by atoms with Crippen molar-refractivity contribution in [3.63, 3.8) is 0 Å². The molecule has 0 aliphatic rings. The number of esters is 4. The van der Waals surface area contributed by atoms with Crippen LogP contribution in [0.1, 0.15) is 79.0 Å². The molecule has 10 nitrogen and oxygen atoms in total. The number of unbranched alkanes of at least 4 members (excludes halogenated alkanes) is 6. The molecule has 0 bridgehead atoms. The highest BCUT2D eigenvalue weighted by molar-refractivity contribution is 5.92. The summed E-state index contributed by atoms with van der Waals surface area (Å²) in [4.78, 5) is 47.5. The maximum Gasteiger partial charge on any atom is 0.343 e. The molecule has 0 unspecified atom stereocenters. The number of hydrogen-bond donors (Lipinski definition) is 0. The van der Waals surface area contributed by atoms with Crippen LogP contribution in [-0.4, -0.2) is 50.3 Å². The Balaban J connectivity index is 1.43. The van der Waals surface area contributed by atoms with Crippen LogP contribution in [0.15, 0.2) is 79.4 Å². The summed E-state index contributed by atoms with van der Waals surface area (Å²) in [7, 11) is 0. The largest absolute Gasteiger partial charge is 0.494 e. The van der Waals surface area contributed by atoms with Crippen molar-refractivity contribution in [1.82, 2.24) is 0 Å². The van der Waals surface area contributed by atoms with Crippen molar-refractivity contribution in [2.75, 3.05) is 26.4 Å². The van der Waals surface area contributed by atoms with Gasteiger partial charge in [0.25, 0.3) is 0 Å². The maximum atomic E-state index is 14.8. The van der Waals surface area contributed by atoms with Crippen LogP contribution in [-0.2, 0) is 19.1 Å². The molecule has 0 heterocycles. The summed E-state index contributed by atoms with van der Waals surface area (Å²) in [6.45, 7) is 9.86. The SMILES string of the molecule is C=CC(=O)OCCCCCCOc1ccc(C(=O)Oc2cc(F)c(OC(=O)c3ccc(OCCCCCCOC(=O)C(=C)C)cc3)c(F)c2F)cc1. The lowest BCUT2D eigenvalue weighted by atomic mass is 10.2. The van der Waals surface area contributed by atoms with Crippen LogP contribution in [0.25, 0.3) is 0 Å². The highest BCUT2D eigenvalue weighted by atomic mass is 19.2. The molecule has 3 rings (SSSR count). The summed E-state index contributed by atoms with van der Waals surface area (Å²) < 4.78 is 75.3. The molecule has 0 spiro atoms. The topological polar surface area (TPSA) is 124 Å². The van der Waals surface area contributed by atoms with Gasteiger partial charge in [-0.2, -0.15) is 8.78 Å². The lowest BCUT2D eigenvalue weighted by Gasteiger charge is -2.12. The summed E-state index contributed by atoms with van der Waals surface area (Å²) in [6, 6.07) is 11.7. The van der Waals surface area contributed by atoms with Gasteiger partial charge in [0, 0.05) is 17.7 Å². The molecule has 13 heteroatoms. The van der Waals surface area contributed by atoms with E-state index >= 15 is 0 Å². The molecule has 0 N–H and O–H groups in total. The number of benzene rings is 3. The summed E-state index contributed by atoms with van der Waals surface area (Å²) in [5.74, 6) is -9.60. The first-order chi connectivity index (χ1) is 25.0. The Kier molecular flexibility index (Phi) is 17.0. The van der Waals surface area contributed by atoms with Crippen molar-refractivity contribution in [2.24, 2.45) is 0 Å². The number of carbonyl (C=O) groups excluding carboxylic acids is 4. The van der Waals surface area contributed by atoms with E-state index in [1.165, 1.54) is 48.5 Å². The van der Waals surface area contributed by atoms with Gasteiger partial charge in [-0.15, -0.1) is 0 Å². The molecular formula is C39H41F3O10. The van der Waals surface area contributed by atoms with Crippen molar-refractivity contribution in [1.29, 1.82) is 0 Å². The molecule has 0 saturated carbocycles. The van der Waals surface area contributed by atoms with E-state index in [0.29, 0.717) is 62.4 Å². The molecule has 0 aliphatic heterocycles. The second-order valence-electron chi connectivity index (χ2n) is 11.5. The van der Waals surface area contributed by atoms with Crippen molar-refractivity contribution in [2.45, 2.75) is 58.3 Å². The molecule has 0 atom stereocenters. The Morgan fingerprint density at radius 2 is 1.10 bits per heavy atom. The van der Waals surface area contributed by atoms with Gasteiger partial charge in [-0.3, -0.25) is 0 Å². The van der Waals surface area contributed by atoms with E-state index in [-0.39, 0.29) is 11.1 Å². The first-order valence-electron chi connectivity index (χ1n) is 16.7. The van der Waals surface area contributed by atoms with Gasteiger partial charge in [0.1, 0.15) is 11.5 Å². The van der Waals surface area contributed by atoms with Crippen molar-refractivity contribution >= 4 is 23.9 Å². The average Bonchev–Trinajstić information content (AvgIpc) is 3.14. The highest BCUT2D eigenvalue weighted by Crippen LogP contribution is 2.32. The zero-order valence-electron chi connectivity index (χ0n) is 28.9. The van der Waals surface area contributed by atoms with Crippen LogP contribution in [0.4, 0.5) is 13.2 Å². The molecule has 52 heavy (non-hydrogen) atoms. The van der Waals surface area contributed by atoms with Crippen LogP contribution < -0.4 is 18.9 Å². The minimum atomic E-state index is -1.85. The van der Waals surface area contributed by atoms with Crippen LogP contribution in [0.3, 0.4) is 0 Å². The molecule has 3 aromatic carbocycles. The van der Waals surface area contributed by atoms with Crippen LogP contribution in [0.2, 0.25) is 0 Å². The molecule has 3 aromatic rings. The van der Waals surface area contributed by atoms with Crippen LogP contribution >= 0.6 is 0 Å². The maximum absolute atomic E-state index is 14.8. The quantitative estimate of drug-likeness (QED) is 0.0329. The minimum Gasteiger partial charge on any atom is -0.494 e. The predicted molar refractivity (Wildman–Crippen MR) is 184 cm³/mol. The fourth-order valence-corrected chi connectivity index (χ4v) is 4.42. The van der Waals surface area contributed by atoms with Gasteiger partial charge in [0.05, 0.1) is 37.6 Å². The highest BCUT2D eigenvalue weighted by Gasteiger charge is 2.26. The first kappa shape index (κ1) is 40.8. The third-order valence-corrected chi connectivity index (χ3v) is 7.27. The van der Waals surface area contributed by atoms with Gasteiger partial charge in [-0.05, 0) is 107 Å². The number of halogens is 3. The summed E-state index contributed by atoms with van der Waals surface area (Å²) >= 11 is 0. The molecule has 0 radical (unpaired) electrons. The van der Waals surface area contributed by atoms with Crippen LogP contribution in [0.5, 0.6) is 23.0 Å². The Bertz CT molecular complexity index is 1690. The fraction of sp³-hybridized carbons (Fsp3) is 0.333. The normalized spacial score (nSPS) is 10.5. The molecular weight excluding hydrogens is 685 g/mol. The lowest BCUT2D eigenvalue weighted by molar-refractivity contribution is -0.139. The Morgan fingerprint density at radius 3 is 1.58 bits per heavy atom. The summed E-state index contributed by atoms with van der Waals surface area (Å²) in [6.07, 6.45) is 7.37. The smallest absolute Gasteiger partial charge is 0.343 e. The average molecular weight is 727 g/mol. The third-order valence-electron chi connectivity index (χ3n) is 7.27. The molecule has 0 saturated heterocycles. The van der Waals surface area contributed by atoms with Gasteiger partial charge in [-0.25, -0.2) is 23.6 Å². The number of rotatable bonds is 22. The number of ether oxygens (including phenoxy) is 6. The second kappa shape index (κ2) is 21.6. The van der Waals surface area contributed by atoms with E-state index in [9.17, 15) is 32.3 Å². The van der Waals surface area contributed by atoms with Crippen LogP contribution in [0, 0.1) is 17.5 Å². The summed E-state index contributed by atoms with van der Waals surface area (Å²) in [5.41, 5.74) is 0.232. The van der Waals surface area contributed by atoms with E-state index in [1.807, 2.05) is 0 Å². The molecule has 0 aliphatic carbocycles. The number of hydrogen-bond acceptors (Lipinski definition) is 10. The third kappa shape index (κ3) is 13.6. The minimum absolute atomic E-state index is 0.0385. The van der Waals surface area contributed by atoms with Crippen molar-refractivity contribution in [3.8, 4) is 23.0 Å². The fourth-order valence-electron chi connectivity index (χ4n) is 4.42. The zero-order chi connectivity index (χ0) is 37.9. The molecule has 0 fully saturated rings. The van der Waals surface area contributed by atoms with E-state index in [4.69, 9.17) is 28.4 Å². The van der Waals surface area contributed by atoms with Gasteiger partial charge >= 0.3 is 23.9 Å². The van der Waals surface area contributed by atoms with Gasteiger partial charge in [0.2, 0.25) is 17.4 Å². The molecule has 0 aromatic heterocycles. The van der Waals surface area contributed by atoms with Gasteiger partial charge < -0.3 is 28.4 Å².